The maximum atomic E-state index is 13.1. The smallest absolute Gasteiger partial charge is 0.255 e. The number of carbonyl (C=O) groups is 2. The summed E-state index contributed by atoms with van der Waals surface area (Å²) in [5.41, 5.74) is 1.04. The first-order valence-corrected chi connectivity index (χ1v) is 10.7. The third kappa shape index (κ3) is 4.62. The first-order chi connectivity index (χ1) is 14.0. The average Bonchev–Trinajstić information content (AvgIpc) is 3.24. The van der Waals surface area contributed by atoms with Crippen molar-refractivity contribution in [2.45, 2.75) is 6.04 Å². The molecule has 0 saturated carbocycles. The minimum Gasteiger partial charge on any atom is -0.497 e. The van der Waals surface area contributed by atoms with Gasteiger partial charge in [-0.3, -0.25) is 9.59 Å². The van der Waals surface area contributed by atoms with Crippen molar-refractivity contribution in [2.75, 3.05) is 38.3 Å². The quantitative estimate of drug-likeness (QED) is 0.679. The first-order valence-electron chi connectivity index (χ1n) is 8.73. The number of benzene rings is 2. The number of thioether (sulfide) groups is 1. The van der Waals surface area contributed by atoms with E-state index in [0.29, 0.717) is 44.6 Å². The van der Waals surface area contributed by atoms with E-state index in [4.69, 9.17) is 14.2 Å². The van der Waals surface area contributed by atoms with E-state index in [0.717, 1.165) is 0 Å². The Labute approximate surface area is 181 Å². The highest BCUT2D eigenvalue weighted by Gasteiger charge is 2.35. The number of nitrogens with zero attached hydrogens (tertiary/aromatic N) is 1. The zero-order chi connectivity index (χ0) is 21.0. The van der Waals surface area contributed by atoms with Gasteiger partial charge in [-0.15, -0.1) is 11.8 Å². The maximum absolute atomic E-state index is 13.1. The molecule has 1 aliphatic heterocycles. The lowest BCUT2D eigenvalue weighted by Gasteiger charge is -2.24. The van der Waals surface area contributed by atoms with Crippen molar-refractivity contribution in [3.8, 4) is 17.2 Å². The summed E-state index contributed by atoms with van der Waals surface area (Å²) in [6.45, 7) is 0. The summed E-state index contributed by atoms with van der Waals surface area (Å²) in [7, 11) is 4.62. The van der Waals surface area contributed by atoms with E-state index in [1.165, 1.54) is 26.0 Å². The van der Waals surface area contributed by atoms with E-state index in [-0.39, 0.29) is 11.8 Å². The molecule has 2 amide bonds. The summed E-state index contributed by atoms with van der Waals surface area (Å²) in [5, 5.41) is 2.87. The van der Waals surface area contributed by atoms with Gasteiger partial charge >= 0.3 is 0 Å². The van der Waals surface area contributed by atoms with Gasteiger partial charge in [-0.05, 0) is 52.3 Å². The maximum Gasteiger partial charge on any atom is 0.255 e. The van der Waals surface area contributed by atoms with E-state index < -0.39 is 6.04 Å². The summed E-state index contributed by atoms with van der Waals surface area (Å²) in [6, 6.07) is 9.75. The van der Waals surface area contributed by atoms with Crippen molar-refractivity contribution < 1.29 is 23.8 Å². The van der Waals surface area contributed by atoms with Crippen LogP contribution in [0.4, 0.5) is 5.69 Å². The molecule has 3 rings (SSSR count). The summed E-state index contributed by atoms with van der Waals surface area (Å²) in [5.74, 6) is 2.14. The molecule has 1 heterocycles. The number of hydrogen-bond acceptors (Lipinski definition) is 6. The van der Waals surface area contributed by atoms with Crippen LogP contribution >= 0.6 is 27.7 Å². The van der Waals surface area contributed by atoms with Crippen molar-refractivity contribution in [2.24, 2.45) is 0 Å². The predicted molar refractivity (Wildman–Crippen MR) is 116 cm³/mol. The molecule has 2 aromatic carbocycles. The van der Waals surface area contributed by atoms with Crippen molar-refractivity contribution in [3.63, 3.8) is 0 Å². The van der Waals surface area contributed by atoms with Crippen molar-refractivity contribution in [3.05, 3.63) is 46.4 Å². The summed E-state index contributed by atoms with van der Waals surface area (Å²) >= 11 is 4.93. The number of nitrogens with one attached hydrogen (secondary N) is 1. The number of methoxy groups -OCH3 is 3. The fourth-order valence-corrected chi connectivity index (χ4v) is 4.63. The standard InChI is InChI=1S/C20H21BrN2O5S/c1-26-14-6-4-13(5-7-14)22-19(24)15-10-29-11-23(15)20(25)12-8-16(27-2)18(21)17(9-12)28-3/h4-9,15H,10-11H2,1-3H3,(H,22,24). The molecule has 1 fully saturated rings. The van der Waals surface area contributed by atoms with Crippen LogP contribution in [-0.4, -0.2) is 55.7 Å². The van der Waals surface area contributed by atoms with Crippen LogP contribution in [0.25, 0.3) is 0 Å². The Kier molecular flexibility index (Phi) is 6.92. The van der Waals surface area contributed by atoms with Crippen molar-refractivity contribution in [1.29, 1.82) is 0 Å². The van der Waals surface area contributed by atoms with Crippen LogP contribution < -0.4 is 19.5 Å². The Morgan fingerprint density at radius 2 is 1.69 bits per heavy atom. The highest BCUT2D eigenvalue weighted by atomic mass is 79.9. The lowest BCUT2D eigenvalue weighted by atomic mass is 10.1. The predicted octanol–water partition coefficient (Wildman–Crippen LogP) is 3.63. The molecular formula is C20H21BrN2O5S. The number of anilines is 1. The molecule has 1 atom stereocenters. The molecule has 7 nitrogen and oxygen atoms in total. The van der Waals surface area contributed by atoms with Gasteiger partial charge in [-0.2, -0.15) is 0 Å². The van der Waals surface area contributed by atoms with E-state index in [9.17, 15) is 9.59 Å². The summed E-state index contributed by atoms with van der Waals surface area (Å²) in [4.78, 5) is 27.5. The number of carbonyl (C=O) groups excluding carboxylic acids is 2. The topological polar surface area (TPSA) is 77.1 Å². The van der Waals surface area contributed by atoms with Gasteiger partial charge in [0.05, 0.1) is 27.2 Å². The van der Waals surface area contributed by atoms with Crippen molar-refractivity contribution >= 4 is 45.2 Å². The average molecular weight is 481 g/mol. The second-order valence-electron chi connectivity index (χ2n) is 6.20. The van der Waals surface area contributed by atoms with Gasteiger partial charge in [0, 0.05) is 17.0 Å². The molecule has 0 spiro atoms. The third-order valence-corrected chi connectivity index (χ3v) is 6.29. The molecule has 1 N–H and O–H groups in total. The molecule has 9 heteroatoms. The van der Waals surface area contributed by atoms with Crippen molar-refractivity contribution in [1.82, 2.24) is 4.90 Å². The number of amides is 2. The van der Waals surface area contributed by atoms with E-state index in [2.05, 4.69) is 21.2 Å². The van der Waals surface area contributed by atoms with Crippen LogP contribution in [0.3, 0.4) is 0 Å². The zero-order valence-corrected chi connectivity index (χ0v) is 18.6. The van der Waals surface area contributed by atoms with Gasteiger partial charge in [0.25, 0.3) is 5.91 Å². The SMILES string of the molecule is COc1ccc(NC(=O)C2CSCN2C(=O)c2cc(OC)c(Br)c(OC)c2)cc1. The molecule has 2 aromatic rings. The van der Waals surface area contributed by atoms with Gasteiger partial charge in [0.1, 0.15) is 27.8 Å². The molecule has 0 bridgehead atoms. The molecular weight excluding hydrogens is 460 g/mol. The number of halogens is 1. The normalized spacial score (nSPS) is 15.7. The minimum absolute atomic E-state index is 0.232. The third-order valence-electron chi connectivity index (χ3n) is 4.50. The Bertz CT molecular complexity index is 881. The Hall–Kier alpha value is -2.39. The highest BCUT2D eigenvalue weighted by Crippen LogP contribution is 2.36. The van der Waals surface area contributed by atoms with Crippen LogP contribution in [0.2, 0.25) is 0 Å². The van der Waals surface area contributed by atoms with Crippen LogP contribution in [0.5, 0.6) is 17.2 Å². The number of ether oxygens (including phenoxy) is 3. The molecule has 0 radical (unpaired) electrons. The number of hydrogen-bond donors (Lipinski definition) is 1. The summed E-state index contributed by atoms with van der Waals surface area (Å²) < 4.78 is 16.4. The van der Waals surface area contributed by atoms with Gasteiger partial charge < -0.3 is 24.4 Å². The minimum atomic E-state index is -0.574. The van der Waals surface area contributed by atoms with Crippen LogP contribution in [0.1, 0.15) is 10.4 Å². The van der Waals surface area contributed by atoms with E-state index in [1.807, 2.05) is 0 Å². The van der Waals surface area contributed by atoms with Crippen LogP contribution in [0, 0.1) is 0 Å². The Balaban J connectivity index is 1.79. The lowest BCUT2D eigenvalue weighted by Crippen LogP contribution is -2.44. The largest absolute Gasteiger partial charge is 0.497 e. The molecule has 154 valence electrons. The second-order valence-corrected chi connectivity index (χ2v) is 8.00. The first kappa shape index (κ1) is 21.3. The zero-order valence-electron chi connectivity index (χ0n) is 16.2. The number of rotatable bonds is 6. The van der Waals surface area contributed by atoms with Gasteiger partial charge in [0.2, 0.25) is 5.91 Å². The van der Waals surface area contributed by atoms with Crippen LogP contribution in [0.15, 0.2) is 40.9 Å². The van der Waals surface area contributed by atoms with E-state index >= 15 is 0 Å². The van der Waals surface area contributed by atoms with Gasteiger partial charge in [-0.25, -0.2) is 0 Å². The Morgan fingerprint density at radius 1 is 1.07 bits per heavy atom. The van der Waals surface area contributed by atoms with Crippen LogP contribution in [-0.2, 0) is 4.79 Å². The molecule has 1 unspecified atom stereocenters. The summed E-state index contributed by atoms with van der Waals surface area (Å²) in [6.07, 6.45) is 0. The molecule has 0 aromatic heterocycles. The lowest BCUT2D eigenvalue weighted by molar-refractivity contribution is -0.119. The second kappa shape index (κ2) is 9.41. The van der Waals surface area contributed by atoms with Gasteiger partial charge in [0.15, 0.2) is 0 Å². The fourth-order valence-electron chi connectivity index (χ4n) is 2.92. The van der Waals surface area contributed by atoms with E-state index in [1.54, 1.807) is 48.4 Å². The molecule has 0 aliphatic carbocycles. The Morgan fingerprint density at radius 3 is 2.24 bits per heavy atom. The monoisotopic (exact) mass is 480 g/mol. The van der Waals surface area contributed by atoms with Gasteiger partial charge in [-0.1, -0.05) is 0 Å². The molecule has 1 aliphatic rings. The molecule has 29 heavy (non-hydrogen) atoms. The molecule has 1 saturated heterocycles. The fraction of sp³-hybridized carbons (Fsp3) is 0.300. The highest BCUT2D eigenvalue weighted by molar-refractivity contribution is 9.10.